The van der Waals surface area contributed by atoms with Gasteiger partial charge in [-0.25, -0.2) is 4.39 Å². The molecule has 0 saturated carbocycles. The number of benzene rings is 1. The summed E-state index contributed by atoms with van der Waals surface area (Å²) in [6.45, 7) is 0. The number of nitrogens with zero attached hydrogens (tertiary/aromatic N) is 2. The minimum Gasteiger partial charge on any atom is -0.254 e. The molecule has 0 spiro atoms. The molecule has 2 rings (SSSR count). The molecule has 2 nitrogen and oxygen atoms in total. The van der Waals surface area contributed by atoms with E-state index in [-0.39, 0.29) is 12.2 Å². The first kappa shape index (κ1) is 11.6. The van der Waals surface area contributed by atoms with E-state index in [1.807, 2.05) is 6.07 Å². The molecule has 0 aliphatic heterocycles. The minimum atomic E-state index is -0.366. The Hall–Kier alpha value is -1.92. The maximum absolute atomic E-state index is 13.6. The number of rotatable bonds is 2. The van der Waals surface area contributed by atoms with Crippen molar-refractivity contribution in [3.63, 3.8) is 0 Å². The first-order chi connectivity index (χ1) is 8.22. The average molecular weight is 247 g/mol. The lowest BCUT2D eigenvalue weighted by Gasteiger charge is -2.05. The van der Waals surface area contributed by atoms with Crippen LogP contribution in [0.25, 0.3) is 11.3 Å². The fourth-order valence-corrected chi connectivity index (χ4v) is 1.81. The number of nitriles is 1. The van der Waals surface area contributed by atoms with E-state index in [1.54, 1.807) is 24.3 Å². The molecule has 17 heavy (non-hydrogen) atoms. The predicted octanol–water partition coefficient (Wildman–Crippen LogP) is 3.61. The van der Waals surface area contributed by atoms with Gasteiger partial charge in [-0.1, -0.05) is 23.7 Å². The topological polar surface area (TPSA) is 36.7 Å². The molecular weight excluding hydrogens is 239 g/mol. The minimum absolute atomic E-state index is 0.240. The van der Waals surface area contributed by atoms with Crippen LogP contribution in [0.5, 0.6) is 0 Å². The Kier molecular flexibility index (Phi) is 3.36. The van der Waals surface area contributed by atoms with Gasteiger partial charge in [-0.3, -0.25) is 4.98 Å². The molecule has 0 radical (unpaired) electrons. The fraction of sp³-hybridized carbons (Fsp3) is 0.0769. The second-order valence-electron chi connectivity index (χ2n) is 3.49. The van der Waals surface area contributed by atoms with E-state index >= 15 is 0 Å². The van der Waals surface area contributed by atoms with E-state index in [0.717, 1.165) is 5.56 Å². The predicted molar refractivity (Wildman–Crippen MR) is 64.0 cm³/mol. The summed E-state index contributed by atoms with van der Waals surface area (Å²) >= 11 is 6.03. The van der Waals surface area contributed by atoms with Gasteiger partial charge >= 0.3 is 0 Å². The first-order valence-electron chi connectivity index (χ1n) is 4.98. The van der Waals surface area contributed by atoms with Crippen LogP contribution in [0.2, 0.25) is 5.02 Å². The summed E-state index contributed by atoms with van der Waals surface area (Å²) in [5.41, 5.74) is 1.48. The Morgan fingerprint density at radius 3 is 2.76 bits per heavy atom. The van der Waals surface area contributed by atoms with Crippen LogP contribution >= 0.6 is 11.6 Å². The average Bonchev–Trinajstić information content (AvgIpc) is 2.31. The van der Waals surface area contributed by atoms with E-state index in [9.17, 15) is 4.39 Å². The second-order valence-corrected chi connectivity index (χ2v) is 3.90. The summed E-state index contributed by atoms with van der Waals surface area (Å²) in [6.07, 6.45) is 1.78. The molecule has 84 valence electrons. The van der Waals surface area contributed by atoms with E-state index in [1.165, 1.54) is 12.3 Å². The van der Waals surface area contributed by atoms with Crippen molar-refractivity contribution in [1.82, 2.24) is 4.98 Å². The molecule has 1 aromatic carbocycles. The SMILES string of the molecule is N#CCc1cnc(-c2ccccc2F)c(Cl)c1. The Morgan fingerprint density at radius 1 is 1.35 bits per heavy atom. The van der Waals surface area contributed by atoms with Crippen LogP contribution < -0.4 is 0 Å². The first-order valence-corrected chi connectivity index (χ1v) is 5.36. The number of aromatic nitrogens is 1. The van der Waals surface area contributed by atoms with Crippen LogP contribution in [-0.4, -0.2) is 4.98 Å². The third-order valence-electron chi connectivity index (χ3n) is 2.31. The Bertz CT molecular complexity index is 590. The van der Waals surface area contributed by atoms with Crippen LogP contribution in [0.4, 0.5) is 4.39 Å². The Labute approximate surface area is 103 Å². The van der Waals surface area contributed by atoms with E-state index in [0.29, 0.717) is 16.3 Å². The van der Waals surface area contributed by atoms with Crippen molar-refractivity contribution in [3.8, 4) is 17.3 Å². The summed E-state index contributed by atoms with van der Waals surface area (Å²) < 4.78 is 13.6. The van der Waals surface area contributed by atoms with E-state index in [2.05, 4.69) is 4.98 Å². The normalized spacial score (nSPS) is 9.94. The summed E-state index contributed by atoms with van der Waals surface area (Å²) in [4.78, 5) is 4.10. The molecule has 0 aliphatic rings. The molecule has 4 heteroatoms. The van der Waals surface area contributed by atoms with Gasteiger partial charge in [0.2, 0.25) is 0 Å². The van der Waals surface area contributed by atoms with Crippen molar-refractivity contribution >= 4 is 11.6 Å². The number of halogens is 2. The fourth-order valence-electron chi connectivity index (χ4n) is 1.52. The lowest BCUT2D eigenvalue weighted by molar-refractivity contribution is 0.630. The molecule has 0 unspecified atom stereocenters. The zero-order valence-corrected chi connectivity index (χ0v) is 9.58. The third-order valence-corrected chi connectivity index (χ3v) is 2.60. The summed E-state index contributed by atoms with van der Waals surface area (Å²) in [6, 6.07) is 9.95. The number of hydrogen-bond donors (Lipinski definition) is 0. The molecule has 0 amide bonds. The second kappa shape index (κ2) is 4.94. The Morgan fingerprint density at radius 2 is 2.12 bits per heavy atom. The van der Waals surface area contributed by atoms with Crippen molar-refractivity contribution in [2.24, 2.45) is 0 Å². The van der Waals surface area contributed by atoms with E-state index < -0.39 is 0 Å². The van der Waals surface area contributed by atoms with Gasteiger partial charge < -0.3 is 0 Å². The molecule has 0 N–H and O–H groups in total. The van der Waals surface area contributed by atoms with Crippen molar-refractivity contribution in [2.45, 2.75) is 6.42 Å². The van der Waals surface area contributed by atoms with Gasteiger partial charge in [0.05, 0.1) is 23.2 Å². The maximum atomic E-state index is 13.6. The van der Waals surface area contributed by atoms with Crippen molar-refractivity contribution < 1.29 is 4.39 Å². The van der Waals surface area contributed by atoms with Crippen LogP contribution in [-0.2, 0) is 6.42 Å². The zero-order valence-electron chi connectivity index (χ0n) is 8.82. The molecule has 0 atom stereocenters. The van der Waals surface area contributed by atoms with Gasteiger partial charge in [0.15, 0.2) is 0 Å². The number of hydrogen-bond acceptors (Lipinski definition) is 2. The summed E-state index contributed by atoms with van der Waals surface area (Å²) in [7, 11) is 0. The molecule has 0 aliphatic carbocycles. The highest BCUT2D eigenvalue weighted by Crippen LogP contribution is 2.28. The lowest BCUT2D eigenvalue weighted by atomic mass is 10.1. The largest absolute Gasteiger partial charge is 0.254 e. The lowest BCUT2D eigenvalue weighted by Crippen LogP contribution is -1.91. The zero-order chi connectivity index (χ0) is 12.3. The van der Waals surface area contributed by atoms with Gasteiger partial charge in [-0.15, -0.1) is 0 Å². The molecule has 1 aromatic heterocycles. The van der Waals surface area contributed by atoms with Gasteiger partial charge in [0.1, 0.15) is 5.82 Å². The van der Waals surface area contributed by atoms with Crippen molar-refractivity contribution in [1.29, 1.82) is 5.26 Å². The highest BCUT2D eigenvalue weighted by molar-refractivity contribution is 6.33. The smallest absolute Gasteiger partial charge is 0.132 e. The quantitative estimate of drug-likeness (QED) is 0.812. The van der Waals surface area contributed by atoms with Gasteiger partial charge in [0, 0.05) is 11.8 Å². The Balaban J connectivity index is 2.48. The standard InChI is InChI=1S/C13H8ClFN2/c14-11-7-9(5-6-16)8-17-13(11)10-3-1-2-4-12(10)15/h1-4,7-8H,5H2. The van der Waals surface area contributed by atoms with Gasteiger partial charge in [-0.05, 0) is 23.8 Å². The highest BCUT2D eigenvalue weighted by Gasteiger charge is 2.10. The third kappa shape index (κ3) is 2.43. The maximum Gasteiger partial charge on any atom is 0.132 e. The number of pyridine rings is 1. The van der Waals surface area contributed by atoms with Crippen LogP contribution in [0.1, 0.15) is 5.56 Å². The van der Waals surface area contributed by atoms with Crippen LogP contribution in [0.15, 0.2) is 36.5 Å². The molecule has 0 fully saturated rings. The molecule has 2 aromatic rings. The molecule has 1 heterocycles. The summed E-state index contributed by atoms with van der Waals surface area (Å²) in [5, 5.41) is 8.91. The van der Waals surface area contributed by atoms with Gasteiger partial charge in [0.25, 0.3) is 0 Å². The van der Waals surface area contributed by atoms with Gasteiger partial charge in [-0.2, -0.15) is 5.26 Å². The van der Waals surface area contributed by atoms with Crippen molar-refractivity contribution in [2.75, 3.05) is 0 Å². The molecular formula is C13H8ClFN2. The molecule has 0 saturated heterocycles. The highest BCUT2D eigenvalue weighted by atomic mass is 35.5. The van der Waals surface area contributed by atoms with Crippen LogP contribution in [0.3, 0.4) is 0 Å². The monoisotopic (exact) mass is 246 g/mol. The van der Waals surface area contributed by atoms with E-state index in [4.69, 9.17) is 16.9 Å². The summed E-state index contributed by atoms with van der Waals surface area (Å²) in [5.74, 6) is -0.366. The molecule has 0 bridgehead atoms. The van der Waals surface area contributed by atoms with Crippen LogP contribution in [0, 0.1) is 17.1 Å². The van der Waals surface area contributed by atoms with Crippen molar-refractivity contribution in [3.05, 3.63) is 52.9 Å².